The summed E-state index contributed by atoms with van der Waals surface area (Å²) >= 11 is 1.32. The number of nitrogens with one attached hydrogen (secondary N) is 1. The molecule has 0 bridgehead atoms. The van der Waals surface area contributed by atoms with Crippen molar-refractivity contribution in [2.75, 3.05) is 16.0 Å². The second-order valence-corrected chi connectivity index (χ2v) is 7.72. The number of carbonyl (C=O) groups is 2. The Hall–Kier alpha value is -3.20. The summed E-state index contributed by atoms with van der Waals surface area (Å²) in [6.07, 6.45) is 3.68. The molecular weight excluding hydrogens is 388 g/mol. The Kier molecular flexibility index (Phi) is 5.30. The van der Waals surface area contributed by atoms with Crippen LogP contribution in [0.15, 0.2) is 53.9 Å². The van der Waals surface area contributed by atoms with Gasteiger partial charge >= 0.3 is 0 Å². The molecule has 0 radical (unpaired) electrons. The Morgan fingerprint density at radius 3 is 2.86 bits per heavy atom. The lowest BCUT2D eigenvalue weighted by atomic mass is 10.2. The van der Waals surface area contributed by atoms with Gasteiger partial charge in [-0.1, -0.05) is 23.9 Å². The Morgan fingerprint density at radius 2 is 2.07 bits per heavy atom. The fourth-order valence-corrected chi connectivity index (χ4v) is 4.12. The van der Waals surface area contributed by atoms with E-state index in [1.807, 2.05) is 54.9 Å². The molecule has 1 atom stereocenters. The number of benzene rings is 1. The highest BCUT2D eigenvalue weighted by Gasteiger charge is 2.29. The first-order valence-corrected chi connectivity index (χ1v) is 10.2. The van der Waals surface area contributed by atoms with E-state index in [-0.39, 0.29) is 30.0 Å². The molecule has 2 amide bonds. The third kappa shape index (κ3) is 3.86. The van der Waals surface area contributed by atoms with Crippen LogP contribution < -0.4 is 10.2 Å². The second-order valence-electron chi connectivity index (χ2n) is 6.78. The Labute approximate surface area is 172 Å². The standard InChI is InChI=1S/C20H20N6O2S/c1-13-10-17(27)22-15-7-3-4-8-16(15)26(13)18(28)12-29-20-24-23-19(25(20)2)14-6-5-9-21-11-14/h3-9,11,13H,10,12H2,1-2H3,(H,22,27)/t13-/m0/s1. The normalized spacial score (nSPS) is 16.1. The van der Waals surface area contributed by atoms with Crippen molar-refractivity contribution in [3.05, 3.63) is 48.8 Å². The molecule has 4 rings (SSSR count). The monoisotopic (exact) mass is 408 g/mol. The number of carbonyl (C=O) groups excluding carboxylic acids is 2. The average molecular weight is 408 g/mol. The number of amides is 2. The highest BCUT2D eigenvalue weighted by atomic mass is 32.2. The van der Waals surface area contributed by atoms with Crippen LogP contribution in [0.1, 0.15) is 13.3 Å². The van der Waals surface area contributed by atoms with E-state index in [9.17, 15) is 9.59 Å². The van der Waals surface area contributed by atoms with Crippen molar-refractivity contribution in [3.63, 3.8) is 0 Å². The number of rotatable bonds is 4. The number of nitrogens with zero attached hydrogens (tertiary/aromatic N) is 5. The molecule has 1 aliphatic rings. The molecular formula is C20H20N6O2S. The molecule has 0 saturated heterocycles. The van der Waals surface area contributed by atoms with E-state index in [1.165, 1.54) is 11.8 Å². The van der Waals surface area contributed by atoms with Gasteiger partial charge < -0.3 is 14.8 Å². The zero-order chi connectivity index (χ0) is 20.4. The fourth-order valence-electron chi connectivity index (χ4n) is 3.35. The van der Waals surface area contributed by atoms with Gasteiger partial charge in [-0.2, -0.15) is 0 Å². The molecule has 3 aromatic rings. The van der Waals surface area contributed by atoms with Crippen LogP contribution in [-0.4, -0.2) is 43.4 Å². The molecule has 1 aliphatic heterocycles. The van der Waals surface area contributed by atoms with Crippen molar-refractivity contribution in [1.82, 2.24) is 19.7 Å². The van der Waals surface area contributed by atoms with Gasteiger partial charge in [0.25, 0.3) is 0 Å². The lowest BCUT2D eigenvalue weighted by Crippen LogP contribution is -2.40. The molecule has 1 aromatic carbocycles. The summed E-state index contributed by atoms with van der Waals surface area (Å²) in [6, 6.07) is 10.9. The Morgan fingerprint density at radius 1 is 1.24 bits per heavy atom. The lowest BCUT2D eigenvalue weighted by Gasteiger charge is -2.27. The SMILES string of the molecule is C[C@H]1CC(=O)Nc2ccccc2N1C(=O)CSc1nnc(-c2cccnc2)n1C. The van der Waals surface area contributed by atoms with E-state index in [1.54, 1.807) is 17.3 Å². The molecule has 0 unspecified atom stereocenters. The van der Waals surface area contributed by atoms with Crippen molar-refractivity contribution < 1.29 is 9.59 Å². The van der Waals surface area contributed by atoms with Gasteiger partial charge in [0.1, 0.15) is 0 Å². The summed E-state index contributed by atoms with van der Waals surface area (Å²) in [7, 11) is 1.86. The third-order valence-electron chi connectivity index (χ3n) is 4.71. The van der Waals surface area contributed by atoms with Crippen LogP contribution in [0.25, 0.3) is 11.4 Å². The van der Waals surface area contributed by atoms with Crippen molar-refractivity contribution >= 4 is 35.0 Å². The summed E-state index contributed by atoms with van der Waals surface area (Å²) in [5.41, 5.74) is 2.23. The smallest absolute Gasteiger partial charge is 0.237 e. The minimum absolute atomic E-state index is 0.0858. The summed E-state index contributed by atoms with van der Waals surface area (Å²) in [5, 5.41) is 11.9. The van der Waals surface area contributed by atoms with Gasteiger partial charge in [0.2, 0.25) is 11.8 Å². The van der Waals surface area contributed by atoms with Crippen molar-refractivity contribution in [1.29, 1.82) is 0 Å². The highest BCUT2D eigenvalue weighted by Crippen LogP contribution is 2.32. The first kappa shape index (κ1) is 19.1. The molecule has 2 aromatic heterocycles. The van der Waals surface area contributed by atoms with Gasteiger partial charge in [0.15, 0.2) is 11.0 Å². The third-order valence-corrected chi connectivity index (χ3v) is 5.71. The van der Waals surface area contributed by atoms with Crippen LogP contribution >= 0.6 is 11.8 Å². The largest absolute Gasteiger partial charge is 0.324 e. The maximum Gasteiger partial charge on any atom is 0.237 e. The molecule has 0 spiro atoms. The average Bonchev–Trinajstić information content (AvgIpc) is 3.02. The predicted molar refractivity (Wildman–Crippen MR) is 112 cm³/mol. The molecule has 1 N–H and O–H groups in total. The summed E-state index contributed by atoms with van der Waals surface area (Å²) in [4.78, 5) is 31.0. The van der Waals surface area contributed by atoms with Crippen LogP contribution in [0.3, 0.4) is 0 Å². The molecule has 9 heteroatoms. The number of aromatic nitrogens is 4. The number of hydrogen-bond donors (Lipinski definition) is 1. The maximum absolute atomic E-state index is 13.1. The van der Waals surface area contributed by atoms with E-state index in [4.69, 9.17) is 0 Å². The van der Waals surface area contributed by atoms with E-state index in [0.717, 1.165) is 5.56 Å². The first-order chi connectivity index (χ1) is 14.0. The van der Waals surface area contributed by atoms with Crippen molar-refractivity contribution in [2.24, 2.45) is 7.05 Å². The van der Waals surface area contributed by atoms with Crippen LogP contribution in [0.5, 0.6) is 0 Å². The number of hydrogen-bond acceptors (Lipinski definition) is 6. The van der Waals surface area contributed by atoms with Crippen LogP contribution in [-0.2, 0) is 16.6 Å². The summed E-state index contributed by atoms with van der Waals surface area (Å²) in [5.74, 6) is 0.697. The van der Waals surface area contributed by atoms with Crippen LogP contribution in [0.4, 0.5) is 11.4 Å². The summed E-state index contributed by atoms with van der Waals surface area (Å²) < 4.78 is 1.85. The minimum Gasteiger partial charge on any atom is -0.324 e. The maximum atomic E-state index is 13.1. The second kappa shape index (κ2) is 8.04. The molecule has 0 fully saturated rings. The number of fused-ring (bicyclic) bond motifs is 1. The van der Waals surface area contributed by atoms with Gasteiger partial charge in [-0.25, -0.2) is 0 Å². The zero-order valence-corrected chi connectivity index (χ0v) is 16.9. The van der Waals surface area contributed by atoms with Crippen LogP contribution in [0.2, 0.25) is 0 Å². The minimum atomic E-state index is -0.239. The molecule has 0 aliphatic carbocycles. The molecule has 8 nitrogen and oxygen atoms in total. The van der Waals surface area contributed by atoms with E-state index >= 15 is 0 Å². The zero-order valence-electron chi connectivity index (χ0n) is 16.1. The topological polar surface area (TPSA) is 93.0 Å². The number of anilines is 2. The Bertz CT molecular complexity index is 1050. The van der Waals surface area contributed by atoms with Gasteiger partial charge in [0, 0.05) is 37.5 Å². The first-order valence-electron chi connectivity index (χ1n) is 9.18. The van der Waals surface area contributed by atoms with Crippen LogP contribution in [0, 0.1) is 0 Å². The highest BCUT2D eigenvalue weighted by molar-refractivity contribution is 7.99. The summed E-state index contributed by atoms with van der Waals surface area (Å²) in [6.45, 7) is 1.88. The lowest BCUT2D eigenvalue weighted by molar-refractivity contribution is -0.117. The molecule has 3 heterocycles. The van der Waals surface area contributed by atoms with Gasteiger partial charge in [-0.15, -0.1) is 10.2 Å². The number of pyridine rings is 1. The van der Waals surface area contributed by atoms with Gasteiger partial charge in [0.05, 0.1) is 17.1 Å². The van der Waals surface area contributed by atoms with E-state index in [2.05, 4.69) is 20.5 Å². The molecule has 148 valence electrons. The molecule has 0 saturated carbocycles. The number of para-hydroxylation sites is 2. The fraction of sp³-hybridized carbons (Fsp3) is 0.250. The number of thioether (sulfide) groups is 1. The predicted octanol–water partition coefficient (Wildman–Crippen LogP) is 2.73. The van der Waals surface area contributed by atoms with Gasteiger partial charge in [-0.05, 0) is 31.2 Å². The van der Waals surface area contributed by atoms with Crippen molar-refractivity contribution in [2.45, 2.75) is 24.5 Å². The van der Waals surface area contributed by atoms with E-state index in [0.29, 0.717) is 22.4 Å². The van der Waals surface area contributed by atoms with Crippen molar-refractivity contribution in [3.8, 4) is 11.4 Å². The molecule has 29 heavy (non-hydrogen) atoms. The quantitative estimate of drug-likeness (QED) is 0.667. The van der Waals surface area contributed by atoms with Gasteiger partial charge in [-0.3, -0.25) is 14.6 Å². The van der Waals surface area contributed by atoms with E-state index < -0.39 is 0 Å². The Balaban J connectivity index is 1.53.